The zero-order valence-electron chi connectivity index (χ0n) is 6.73. The highest BCUT2D eigenvalue weighted by Gasteiger charge is 2.08. The van der Waals surface area contributed by atoms with Crippen LogP contribution in [0.15, 0.2) is 4.79 Å². The van der Waals surface area contributed by atoms with Crippen molar-refractivity contribution in [3.63, 3.8) is 0 Å². The molecule has 0 fully saturated rings. The van der Waals surface area contributed by atoms with E-state index in [2.05, 4.69) is 27.6 Å². The van der Waals surface area contributed by atoms with Crippen LogP contribution in [0.25, 0.3) is 0 Å². The molecule has 0 saturated heterocycles. The van der Waals surface area contributed by atoms with Crippen molar-refractivity contribution in [2.24, 2.45) is 0 Å². The molecule has 4 heteroatoms. The summed E-state index contributed by atoms with van der Waals surface area (Å²) in [5.74, 6) is 0. The van der Waals surface area contributed by atoms with Crippen LogP contribution < -0.4 is 5.56 Å². The van der Waals surface area contributed by atoms with Gasteiger partial charge in [0.25, 0.3) is 5.56 Å². The molecule has 0 unspecified atom stereocenters. The summed E-state index contributed by atoms with van der Waals surface area (Å²) in [5, 5.41) is 8.64. The highest BCUT2D eigenvalue weighted by molar-refractivity contribution is 14.1. The minimum atomic E-state index is -0.298. The number of aryl methyl sites for hydroxylation is 1. The lowest BCUT2D eigenvalue weighted by Gasteiger charge is -2.02. The summed E-state index contributed by atoms with van der Waals surface area (Å²) in [6.45, 7) is 3.60. The topological polar surface area (TPSA) is 56.6 Å². The maximum Gasteiger partial charge on any atom is 0.266 e. The Balaban J connectivity index is 3.66. The third kappa shape index (κ3) is 1.37. The minimum absolute atomic E-state index is 0.213. The third-order valence-corrected chi connectivity index (χ3v) is 3.29. The van der Waals surface area contributed by atoms with E-state index in [1.165, 1.54) is 0 Å². The first-order chi connectivity index (χ1) is 5.57. The number of rotatable bonds is 0. The Morgan fingerprint density at radius 1 is 1.50 bits per heavy atom. The summed E-state index contributed by atoms with van der Waals surface area (Å²) in [6.07, 6.45) is 0. The largest absolute Gasteiger partial charge is 0.324 e. The van der Waals surface area contributed by atoms with E-state index >= 15 is 0 Å². The van der Waals surface area contributed by atoms with Gasteiger partial charge in [-0.05, 0) is 42.0 Å². The van der Waals surface area contributed by atoms with E-state index in [4.69, 9.17) is 5.26 Å². The average Bonchev–Trinajstić information content (AvgIpc) is 2.01. The SMILES string of the molecule is Cc1[nH]c(=O)c(C#N)c(C)c1I. The van der Waals surface area contributed by atoms with Crippen molar-refractivity contribution in [1.82, 2.24) is 4.98 Å². The lowest BCUT2D eigenvalue weighted by Crippen LogP contribution is -2.15. The quantitative estimate of drug-likeness (QED) is 0.728. The molecule has 0 amide bonds. The van der Waals surface area contributed by atoms with Gasteiger partial charge in [0.15, 0.2) is 0 Å². The van der Waals surface area contributed by atoms with Gasteiger partial charge in [0, 0.05) is 9.26 Å². The van der Waals surface area contributed by atoms with Crippen LogP contribution in [0.2, 0.25) is 0 Å². The molecule has 0 saturated carbocycles. The van der Waals surface area contributed by atoms with Crippen molar-refractivity contribution in [1.29, 1.82) is 5.26 Å². The van der Waals surface area contributed by atoms with Crippen molar-refractivity contribution >= 4 is 22.6 Å². The maximum absolute atomic E-state index is 11.2. The number of H-pyrrole nitrogens is 1. The summed E-state index contributed by atoms with van der Waals surface area (Å²) >= 11 is 2.11. The number of hydrogen-bond donors (Lipinski definition) is 1. The molecule has 0 aliphatic heterocycles. The Morgan fingerprint density at radius 3 is 2.58 bits per heavy atom. The molecule has 3 nitrogen and oxygen atoms in total. The zero-order valence-corrected chi connectivity index (χ0v) is 8.89. The first-order valence-corrected chi connectivity index (χ1v) is 4.45. The van der Waals surface area contributed by atoms with Gasteiger partial charge in [0.2, 0.25) is 0 Å². The predicted octanol–water partition coefficient (Wildman–Crippen LogP) is 1.47. The number of nitrogens with one attached hydrogen (secondary N) is 1. The van der Waals surface area contributed by atoms with Crippen LogP contribution >= 0.6 is 22.6 Å². The van der Waals surface area contributed by atoms with Crippen molar-refractivity contribution < 1.29 is 0 Å². The summed E-state index contributed by atoms with van der Waals surface area (Å²) < 4.78 is 0.948. The molecular weight excluding hydrogens is 267 g/mol. The molecule has 0 bridgehead atoms. The van der Waals surface area contributed by atoms with Gasteiger partial charge in [0.1, 0.15) is 11.6 Å². The van der Waals surface area contributed by atoms with Crippen LogP contribution in [0, 0.1) is 28.7 Å². The molecule has 1 aromatic heterocycles. The van der Waals surface area contributed by atoms with Crippen LogP contribution in [0.5, 0.6) is 0 Å². The Kier molecular flexibility index (Phi) is 2.52. The van der Waals surface area contributed by atoms with Gasteiger partial charge in [-0.25, -0.2) is 0 Å². The fourth-order valence-corrected chi connectivity index (χ4v) is 1.39. The van der Waals surface area contributed by atoms with Crippen molar-refractivity contribution in [3.8, 4) is 6.07 Å². The predicted molar refractivity (Wildman–Crippen MR) is 54.0 cm³/mol. The molecule has 0 aliphatic rings. The van der Waals surface area contributed by atoms with Crippen molar-refractivity contribution in [3.05, 3.63) is 30.7 Å². The standard InChI is InChI=1S/C8H7IN2O/c1-4-6(3-10)8(12)11-5(2)7(4)9/h1-2H3,(H,11,12). The molecular formula is C8H7IN2O. The number of hydrogen-bond acceptors (Lipinski definition) is 2. The monoisotopic (exact) mass is 274 g/mol. The lowest BCUT2D eigenvalue weighted by atomic mass is 10.1. The number of nitriles is 1. The smallest absolute Gasteiger partial charge is 0.266 e. The van der Waals surface area contributed by atoms with Gasteiger partial charge in [-0.1, -0.05) is 0 Å². The summed E-state index contributed by atoms with van der Waals surface area (Å²) in [6, 6.07) is 1.88. The minimum Gasteiger partial charge on any atom is -0.324 e. The Labute approximate surface area is 83.6 Å². The van der Waals surface area contributed by atoms with E-state index in [0.29, 0.717) is 0 Å². The molecule has 1 N–H and O–H groups in total. The number of pyridine rings is 1. The molecule has 62 valence electrons. The van der Waals surface area contributed by atoms with Crippen LogP contribution in [0.1, 0.15) is 16.8 Å². The van der Waals surface area contributed by atoms with Gasteiger partial charge in [-0.15, -0.1) is 0 Å². The number of aromatic amines is 1. The Hall–Kier alpha value is -0.830. The highest BCUT2D eigenvalue weighted by Crippen LogP contribution is 2.14. The van der Waals surface area contributed by atoms with Gasteiger partial charge in [0.05, 0.1) is 0 Å². The fourth-order valence-electron chi connectivity index (χ4n) is 0.984. The second-order valence-corrected chi connectivity index (χ2v) is 3.58. The van der Waals surface area contributed by atoms with Crippen LogP contribution in [0.3, 0.4) is 0 Å². The molecule has 0 aliphatic carbocycles. The van der Waals surface area contributed by atoms with E-state index in [1.54, 1.807) is 6.92 Å². The third-order valence-electron chi connectivity index (χ3n) is 1.67. The number of aromatic nitrogens is 1. The zero-order chi connectivity index (χ0) is 9.30. The Morgan fingerprint density at radius 2 is 2.08 bits per heavy atom. The number of halogens is 1. The van der Waals surface area contributed by atoms with E-state index in [-0.39, 0.29) is 11.1 Å². The molecule has 0 radical (unpaired) electrons. The summed E-state index contributed by atoms with van der Waals surface area (Å²) in [5.41, 5.74) is 1.49. The van der Waals surface area contributed by atoms with Crippen molar-refractivity contribution in [2.45, 2.75) is 13.8 Å². The van der Waals surface area contributed by atoms with Crippen LogP contribution in [0.4, 0.5) is 0 Å². The average molecular weight is 274 g/mol. The van der Waals surface area contributed by atoms with Gasteiger partial charge in [-0.2, -0.15) is 5.26 Å². The van der Waals surface area contributed by atoms with Crippen LogP contribution in [-0.4, -0.2) is 4.98 Å². The molecule has 0 spiro atoms. The first-order valence-electron chi connectivity index (χ1n) is 3.37. The van der Waals surface area contributed by atoms with Crippen LogP contribution in [-0.2, 0) is 0 Å². The second kappa shape index (κ2) is 3.27. The second-order valence-electron chi connectivity index (χ2n) is 2.50. The van der Waals surface area contributed by atoms with Gasteiger partial charge in [-0.3, -0.25) is 4.79 Å². The lowest BCUT2D eigenvalue weighted by molar-refractivity contribution is 1.08. The fraction of sp³-hybridized carbons (Fsp3) is 0.250. The normalized spacial score (nSPS) is 9.50. The molecule has 1 heterocycles. The Bertz CT molecular complexity index is 414. The molecule has 1 rings (SSSR count). The van der Waals surface area contributed by atoms with Gasteiger partial charge < -0.3 is 4.98 Å². The molecule has 0 aromatic carbocycles. The molecule has 0 atom stereocenters. The van der Waals surface area contributed by atoms with E-state index in [1.807, 2.05) is 13.0 Å². The van der Waals surface area contributed by atoms with E-state index < -0.39 is 0 Å². The van der Waals surface area contributed by atoms with E-state index in [9.17, 15) is 4.79 Å². The van der Waals surface area contributed by atoms with E-state index in [0.717, 1.165) is 14.8 Å². The highest BCUT2D eigenvalue weighted by atomic mass is 127. The summed E-state index contributed by atoms with van der Waals surface area (Å²) in [7, 11) is 0. The number of nitrogens with zero attached hydrogens (tertiary/aromatic N) is 1. The first kappa shape index (κ1) is 9.26. The molecule has 1 aromatic rings. The van der Waals surface area contributed by atoms with Gasteiger partial charge >= 0.3 is 0 Å². The summed E-state index contributed by atoms with van der Waals surface area (Å²) in [4.78, 5) is 13.8. The molecule has 12 heavy (non-hydrogen) atoms. The maximum atomic E-state index is 11.2. The van der Waals surface area contributed by atoms with Crippen molar-refractivity contribution in [2.75, 3.05) is 0 Å².